The summed E-state index contributed by atoms with van der Waals surface area (Å²) in [6.07, 6.45) is 5.00. The summed E-state index contributed by atoms with van der Waals surface area (Å²) in [6.45, 7) is 7.10. The first-order valence-electron chi connectivity index (χ1n) is 8.91. The van der Waals surface area contributed by atoms with Crippen molar-refractivity contribution in [3.05, 3.63) is 22.6 Å². The minimum absolute atomic E-state index is 0.0322. The number of aromatic nitrogens is 2. The van der Waals surface area contributed by atoms with E-state index < -0.39 is 0 Å². The van der Waals surface area contributed by atoms with E-state index in [-0.39, 0.29) is 17.5 Å². The highest BCUT2D eigenvalue weighted by Crippen LogP contribution is 2.18. The highest BCUT2D eigenvalue weighted by atomic mass is 16.2. The summed E-state index contributed by atoms with van der Waals surface area (Å²) < 4.78 is 1.32. The molecule has 0 aliphatic carbocycles. The van der Waals surface area contributed by atoms with Crippen LogP contribution in [0.5, 0.6) is 0 Å². The average molecular weight is 333 g/mol. The van der Waals surface area contributed by atoms with Gasteiger partial charge in [0, 0.05) is 39.3 Å². The van der Waals surface area contributed by atoms with Crippen LogP contribution in [0.1, 0.15) is 26.2 Å². The molecule has 0 unspecified atom stereocenters. The summed E-state index contributed by atoms with van der Waals surface area (Å²) >= 11 is 0. The van der Waals surface area contributed by atoms with Gasteiger partial charge >= 0.3 is 0 Å². The molecule has 0 saturated carbocycles. The Morgan fingerprint density at radius 1 is 1.17 bits per heavy atom. The fraction of sp³-hybridized carbons (Fsp3) is 0.706. The van der Waals surface area contributed by atoms with E-state index in [1.54, 1.807) is 19.3 Å². The molecular formula is C17H27N5O2. The molecule has 3 heterocycles. The van der Waals surface area contributed by atoms with Gasteiger partial charge in [0.25, 0.3) is 5.56 Å². The SMILES string of the molecule is CC[C@H](C(=O)N1CCN(c2cnn(C)c(=O)c2)CC1)N1CCCC1. The molecule has 24 heavy (non-hydrogen) atoms. The lowest BCUT2D eigenvalue weighted by Gasteiger charge is -2.38. The molecule has 1 aromatic rings. The van der Waals surface area contributed by atoms with Gasteiger partial charge in [0.2, 0.25) is 5.91 Å². The van der Waals surface area contributed by atoms with Crippen molar-refractivity contribution in [3.63, 3.8) is 0 Å². The third kappa shape index (κ3) is 3.45. The normalized spacial score (nSPS) is 20.4. The molecule has 0 radical (unpaired) electrons. The lowest BCUT2D eigenvalue weighted by Crippen LogP contribution is -2.54. The second kappa shape index (κ2) is 7.34. The predicted octanol–water partition coefficient (Wildman–Crippen LogP) is 0.303. The van der Waals surface area contributed by atoms with E-state index in [4.69, 9.17) is 0 Å². The van der Waals surface area contributed by atoms with Crippen LogP contribution in [0, 0.1) is 0 Å². The van der Waals surface area contributed by atoms with E-state index in [1.165, 1.54) is 17.5 Å². The molecule has 2 aliphatic rings. The second-order valence-electron chi connectivity index (χ2n) is 6.66. The Kier molecular flexibility index (Phi) is 5.18. The van der Waals surface area contributed by atoms with E-state index in [1.807, 2.05) is 4.90 Å². The Morgan fingerprint density at radius 2 is 1.83 bits per heavy atom. The lowest BCUT2D eigenvalue weighted by molar-refractivity contribution is -0.137. The van der Waals surface area contributed by atoms with Crippen LogP contribution in [0.25, 0.3) is 0 Å². The van der Waals surface area contributed by atoms with Crippen LogP contribution in [-0.2, 0) is 11.8 Å². The number of likely N-dealkylation sites (tertiary alicyclic amines) is 1. The number of amides is 1. The van der Waals surface area contributed by atoms with Crippen LogP contribution in [-0.4, -0.2) is 70.8 Å². The van der Waals surface area contributed by atoms with Crippen molar-refractivity contribution in [2.75, 3.05) is 44.2 Å². The van der Waals surface area contributed by atoms with E-state index in [0.29, 0.717) is 13.1 Å². The summed E-state index contributed by atoms with van der Waals surface area (Å²) in [7, 11) is 1.64. The number of rotatable bonds is 4. The topological polar surface area (TPSA) is 61.7 Å². The highest BCUT2D eigenvalue weighted by molar-refractivity contribution is 5.82. The van der Waals surface area contributed by atoms with Crippen LogP contribution in [0.4, 0.5) is 5.69 Å². The molecule has 0 spiro atoms. The van der Waals surface area contributed by atoms with Gasteiger partial charge in [0.1, 0.15) is 0 Å². The van der Waals surface area contributed by atoms with E-state index >= 15 is 0 Å². The molecule has 132 valence electrons. The van der Waals surface area contributed by atoms with Crippen LogP contribution in [0.3, 0.4) is 0 Å². The monoisotopic (exact) mass is 333 g/mol. The molecule has 7 heteroatoms. The van der Waals surface area contributed by atoms with Crippen molar-refractivity contribution < 1.29 is 4.79 Å². The molecule has 1 atom stereocenters. The molecule has 0 N–H and O–H groups in total. The summed E-state index contributed by atoms with van der Waals surface area (Å²) in [4.78, 5) is 31.0. The molecule has 3 rings (SSSR count). The van der Waals surface area contributed by atoms with Crippen molar-refractivity contribution in [1.29, 1.82) is 0 Å². The maximum Gasteiger partial charge on any atom is 0.268 e. The third-order valence-corrected chi connectivity index (χ3v) is 5.16. The number of hydrogen-bond donors (Lipinski definition) is 0. The molecule has 1 amide bonds. The first-order valence-corrected chi connectivity index (χ1v) is 8.91. The molecule has 1 aromatic heterocycles. The first-order chi connectivity index (χ1) is 11.6. The number of piperazine rings is 1. The summed E-state index contributed by atoms with van der Waals surface area (Å²) in [6, 6.07) is 1.65. The van der Waals surface area contributed by atoms with Crippen LogP contribution in [0.2, 0.25) is 0 Å². The van der Waals surface area contributed by atoms with Crippen LogP contribution in [0.15, 0.2) is 17.1 Å². The lowest BCUT2D eigenvalue weighted by atomic mass is 10.1. The number of carbonyl (C=O) groups is 1. The Bertz CT molecular complexity index is 630. The number of carbonyl (C=O) groups excluding carboxylic acids is 1. The van der Waals surface area contributed by atoms with Gasteiger partial charge in [-0.3, -0.25) is 14.5 Å². The van der Waals surface area contributed by atoms with Gasteiger partial charge in [-0.05, 0) is 32.4 Å². The largest absolute Gasteiger partial charge is 0.367 e. The fourth-order valence-electron chi connectivity index (χ4n) is 3.67. The summed E-state index contributed by atoms with van der Waals surface area (Å²) in [5.74, 6) is 0.265. The maximum atomic E-state index is 12.9. The smallest absolute Gasteiger partial charge is 0.268 e. The standard InChI is InChI=1S/C17H27N5O2/c1-3-15(21-6-4-5-7-21)17(24)22-10-8-20(9-11-22)14-12-16(23)19(2)18-13-14/h12-13,15H,3-11H2,1-2H3/t15-/m1/s1. The van der Waals surface area contributed by atoms with Crippen molar-refractivity contribution in [2.24, 2.45) is 7.05 Å². The van der Waals surface area contributed by atoms with E-state index in [2.05, 4.69) is 21.8 Å². The van der Waals surface area contributed by atoms with Gasteiger partial charge in [-0.1, -0.05) is 6.92 Å². The Hall–Kier alpha value is -1.89. The van der Waals surface area contributed by atoms with Crippen molar-refractivity contribution >= 4 is 11.6 Å². The van der Waals surface area contributed by atoms with E-state index in [9.17, 15) is 9.59 Å². The molecule has 2 saturated heterocycles. The number of aryl methyl sites for hydroxylation is 1. The van der Waals surface area contributed by atoms with Gasteiger partial charge in [0.15, 0.2) is 0 Å². The molecule has 0 bridgehead atoms. The summed E-state index contributed by atoms with van der Waals surface area (Å²) in [5, 5.41) is 4.08. The zero-order valence-corrected chi connectivity index (χ0v) is 14.6. The zero-order chi connectivity index (χ0) is 17.1. The summed E-state index contributed by atoms with van der Waals surface area (Å²) in [5.41, 5.74) is 0.739. The van der Waals surface area contributed by atoms with Crippen LogP contribution < -0.4 is 10.5 Å². The molecule has 2 aliphatic heterocycles. The molecular weight excluding hydrogens is 306 g/mol. The van der Waals surface area contributed by atoms with Gasteiger partial charge in [-0.15, -0.1) is 0 Å². The van der Waals surface area contributed by atoms with Crippen molar-refractivity contribution in [2.45, 2.75) is 32.2 Å². The Balaban J connectivity index is 1.60. The number of nitrogens with zero attached hydrogens (tertiary/aromatic N) is 5. The van der Waals surface area contributed by atoms with Gasteiger partial charge < -0.3 is 9.80 Å². The third-order valence-electron chi connectivity index (χ3n) is 5.16. The predicted molar refractivity (Wildman–Crippen MR) is 93.2 cm³/mol. The number of anilines is 1. The zero-order valence-electron chi connectivity index (χ0n) is 14.6. The van der Waals surface area contributed by atoms with Gasteiger partial charge in [-0.2, -0.15) is 5.10 Å². The molecule has 7 nitrogen and oxygen atoms in total. The Labute approximate surface area is 142 Å². The Morgan fingerprint density at radius 3 is 2.42 bits per heavy atom. The van der Waals surface area contributed by atoms with Gasteiger partial charge in [-0.25, -0.2) is 4.68 Å². The van der Waals surface area contributed by atoms with E-state index in [0.717, 1.165) is 38.3 Å². The molecule has 2 fully saturated rings. The van der Waals surface area contributed by atoms with Crippen molar-refractivity contribution in [1.82, 2.24) is 19.6 Å². The average Bonchev–Trinajstić information content (AvgIpc) is 3.12. The second-order valence-corrected chi connectivity index (χ2v) is 6.66. The van der Waals surface area contributed by atoms with Crippen LogP contribution >= 0.6 is 0 Å². The van der Waals surface area contributed by atoms with Crippen molar-refractivity contribution in [3.8, 4) is 0 Å². The molecule has 0 aromatic carbocycles. The number of hydrogen-bond acceptors (Lipinski definition) is 5. The van der Waals surface area contributed by atoms with Gasteiger partial charge in [0.05, 0.1) is 17.9 Å². The fourth-order valence-corrected chi connectivity index (χ4v) is 3.67. The first kappa shape index (κ1) is 17.0. The minimum Gasteiger partial charge on any atom is -0.367 e. The minimum atomic E-state index is -0.105. The maximum absolute atomic E-state index is 12.9. The highest BCUT2D eigenvalue weighted by Gasteiger charge is 2.31. The quantitative estimate of drug-likeness (QED) is 0.793.